The fourth-order valence-electron chi connectivity index (χ4n) is 3.36. The smallest absolute Gasteiger partial charge is 0.337 e. The number of hydrogen-bond acceptors (Lipinski definition) is 4. The van der Waals surface area contributed by atoms with Gasteiger partial charge in [-0.25, -0.2) is 4.79 Å². The predicted octanol–water partition coefficient (Wildman–Crippen LogP) is 3.77. The molecule has 0 N–H and O–H groups in total. The molecule has 4 rings (SSSR count). The van der Waals surface area contributed by atoms with Gasteiger partial charge in [0.2, 0.25) is 0 Å². The molecule has 1 aliphatic heterocycles. The molecule has 6 heteroatoms. The van der Waals surface area contributed by atoms with Crippen molar-refractivity contribution in [2.75, 3.05) is 12.1 Å². The predicted molar refractivity (Wildman–Crippen MR) is 109 cm³/mol. The first-order valence-corrected chi connectivity index (χ1v) is 8.84. The number of aromatic nitrogens is 1. The number of para-hydroxylation sites is 1. The minimum absolute atomic E-state index is 0.198. The van der Waals surface area contributed by atoms with E-state index < -0.39 is 5.97 Å². The van der Waals surface area contributed by atoms with Crippen LogP contribution < -0.4 is 5.01 Å². The van der Waals surface area contributed by atoms with Crippen molar-refractivity contribution in [2.45, 2.75) is 6.92 Å². The minimum atomic E-state index is -0.421. The highest BCUT2D eigenvalue weighted by molar-refractivity contribution is 6.32. The Morgan fingerprint density at radius 2 is 1.82 bits per heavy atom. The van der Waals surface area contributed by atoms with E-state index in [4.69, 9.17) is 4.74 Å². The fraction of sp³-hybridized carbons (Fsp3) is 0.136. The fourth-order valence-corrected chi connectivity index (χ4v) is 3.36. The van der Waals surface area contributed by atoms with Crippen molar-refractivity contribution >= 4 is 40.3 Å². The number of ether oxygens (including phenoxy) is 1. The highest BCUT2D eigenvalue weighted by Crippen LogP contribution is 2.28. The summed E-state index contributed by atoms with van der Waals surface area (Å²) < 4.78 is 6.74. The first-order chi connectivity index (χ1) is 13.5. The number of benzene rings is 2. The van der Waals surface area contributed by atoms with Gasteiger partial charge in [0.15, 0.2) is 0 Å². The molecule has 1 aliphatic rings. The highest BCUT2D eigenvalue weighted by Gasteiger charge is 2.29. The van der Waals surface area contributed by atoms with E-state index >= 15 is 0 Å². The summed E-state index contributed by atoms with van der Waals surface area (Å²) in [4.78, 5) is 24.6. The lowest BCUT2D eigenvalue weighted by atomic mass is 10.1. The molecule has 3 aromatic rings. The van der Waals surface area contributed by atoms with Crippen molar-refractivity contribution in [1.82, 2.24) is 4.57 Å². The normalized spacial score (nSPS) is 15.4. The van der Waals surface area contributed by atoms with Crippen LogP contribution in [0.3, 0.4) is 0 Å². The molecule has 140 valence electrons. The van der Waals surface area contributed by atoms with Gasteiger partial charge in [0.25, 0.3) is 5.91 Å². The van der Waals surface area contributed by atoms with Crippen LogP contribution in [0.15, 0.2) is 65.4 Å². The number of methoxy groups -OCH3 is 1. The number of carbonyl (C=O) groups excluding carboxylic acids is 2. The second-order valence-corrected chi connectivity index (χ2v) is 6.61. The summed E-state index contributed by atoms with van der Waals surface area (Å²) in [7, 11) is 3.31. The van der Waals surface area contributed by atoms with Crippen LogP contribution in [0.2, 0.25) is 0 Å². The monoisotopic (exact) mass is 373 g/mol. The van der Waals surface area contributed by atoms with Crippen molar-refractivity contribution in [3.63, 3.8) is 0 Å². The van der Waals surface area contributed by atoms with E-state index in [1.807, 2.05) is 55.1 Å². The van der Waals surface area contributed by atoms with Crippen molar-refractivity contribution < 1.29 is 14.3 Å². The van der Waals surface area contributed by atoms with Gasteiger partial charge >= 0.3 is 5.97 Å². The number of esters is 1. The maximum atomic E-state index is 13.0. The Kier molecular flexibility index (Phi) is 4.31. The molecule has 1 amide bonds. The summed E-state index contributed by atoms with van der Waals surface area (Å²) >= 11 is 0. The molecule has 1 aromatic heterocycles. The van der Waals surface area contributed by atoms with Gasteiger partial charge in [-0.15, -0.1) is 0 Å². The molecule has 0 spiro atoms. The molecule has 0 bridgehead atoms. The Morgan fingerprint density at radius 3 is 2.54 bits per heavy atom. The van der Waals surface area contributed by atoms with Crippen molar-refractivity contribution in [2.24, 2.45) is 12.1 Å². The topological polar surface area (TPSA) is 63.9 Å². The van der Waals surface area contributed by atoms with E-state index in [1.54, 1.807) is 24.3 Å². The van der Waals surface area contributed by atoms with Gasteiger partial charge in [0.05, 0.1) is 29.6 Å². The molecular formula is C22H19N3O3. The third kappa shape index (κ3) is 2.89. The number of hydrazone groups is 1. The van der Waals surface area contributed by atoms with Gasteiger partial charge in [-0.3, -0.25) is 4.79 Å². The summed E-state index contributed by atoms with van der Waals surface area (Å²) in [6, 6.07) is 14.7. The second-order valence-electron chi connectivity index (χ2n) is 6.61. The average molecular weight is 373 g/mol. The average Bonchev–Trinajstić information content (AvgIpc) is 3.19. The standard InChI is InChI=1S/C22H19N3O3/c1-14-19(12-16-13-24(2)20-7-5-4-6-18(16)20)21(26)25(23-14)17-10-8-15(9-11-17)22(27)28-3/h4-13H,1-3H3/b19-12-. The molecule has 0 unspecified atom stereocenters. The molecule has 2 heterocycles. The van der Waals surface area contributed by atoms with Gasteiger partial charge in [-0.05, 0) is 43.3 Å². The lowest BCUT2D eigenvalue weighted by Gasteiger charge is -2.12. The number of rotatable bonds is 3. The molecule has 0 saturated carbocycles. The molecule has 0 radical (unpaired) electrons. The van der Waals surface area contributed by atoms with Crippen LogP contribution in [-0.2, 0) is 16.6 Å². The molecule has 0 saturated heterocycles. The first kappa shape index (κ1) is 17.7. The molecule has 0 atom stereocenters. The second kappa shape index (κ2) is 6.81. The molecule has 2 aromatic carbocycles. The van der Waals surface area contributed by atoms with Gasteiger partial charge < -0.3 is 9.30 Å². The zero-order chi connectivity index (χ0) is 19.8. The summed E-state index contributed by atoms with van der Waals surface area (Å²) in [5, 5.41) is 6.84. The molecule has 28 heavy (non-hydrogen) atoms. The number of nitrogens with zero attached hydrogens (tertiary/aromatic N) is 3. The molecule has 0 aliphatic carbocycles. The van der Waals surface area contributed by atoms with Crippen LogP contribution >= 0.6 is 0 Å². The van der Waals surface area contributed by atoms with Crippen LogP contribution in [-0.4, -0.2) is 29.3 Å². The quantitative estimate of drug-likeness (QED) is 0.519. The van der Waals surface area contributed by atoms with E-state index in [1.165, 1.54) is 12.1 Å². The third-order valence-corrected chi connectivity index (χ3v) is 4.82. The first-order valence-electron chi connectivity index (χ1n) is 8.84. The summed E-state index contributed by atoms with van der Waals surface area (Å²) in [5.41, 5.74) is 4.29. The zero-order valence-electron chi connectivity index (χ0n) is 15.8. The molecular weight excluding hydrogens is 354 g/mol. The summed E-state index contributed by atoms with van der Waals surface area (Å²) in [6.07, 6.45) is 3.89. The number of fused-ring (bicyclic) bond motifs is 1. The Bertz CT molecular complexity index is 1150. The Balaban J connectivity index is 1.68. The lowest BCUT2D eigenvalue weighted by molar-refractivity contribution is -0.114. The highest BCUT2D eigenvalue weighted by atomic mass is 16.5. The van der Waals surface area contributed by atoms with E-state index in [9.17, 15) is 9.59 Å². The number of hydrogen-bond donors (Lipinski definition) is 0. The SMILES string of the molecule is COC(=O)c1ccc(N2N=C(C)/C(=C/c3cn(C)c4ccccc34)C2=O)cc1. The Labute approximate surface area is 162 Å². The number of anilines is 1. The van der Waals surface area contributed by atoms with E-state index in [0.717, 1.165) is 16.5 Å². The molecule has 6 nitrogen and oxygen atoms in total. The van der Waals surface area contributed by atoms with Crippen molar-refractivity contribution in [3.05, 3.63) is 71.4 Å². The number of carbonyl (C=O) groups is 2. The Morgan fingerprint density at radius 1 is 1.11 bits per heavy atom. The van der Waals surface area contributed by atoms with Crippen LogP contribution in [0.25, 0.3) is 17.0 Å². The summed E-state index contributed by atoms with van der Waals surface area (Å²) in [6.45, 7) is 1.82. The van der Waals surface area contributed by atoms with E-state index in [-0.39, 0.29) is 5.91 Å². The van der Waals surface area contributed by atoms with Gasteiger partial charge in [0, 0.05) is 29.7 Å². The Hall–Kier alpha value is -3.67. The minimum Gasteiger partial charge on any atom is -0.465 e. The largest absolute Gasteiger partial charge is 0.465 e. The lowest BCUT2D eigenvalue weighted by Crippen LogP contribution is -2.21. The van der Waals surface area contributed by atoms with Crippen LogP contribution in [0.4, 0.5) is 5.69 Å². The van der Waals surface area contributed by atoms with Crippen LogP contribution in [0.5, 0.6) is 0 Å². The van der Waals surface area contributed by atoms with Crippen molar-refractivity contribution in [3.8, 4) is 0 Å². The van der Waals surface area contributed by atoms with Gasteiger partial charge in [0.1, 0.15) is 0 Å². The number of amides is 1. The maximum absolute atomic E-state index is 13.0. The maximum Gasteiger partial charge on any atom is 0.337 e. The van der Waals surface area contributed by atoms with Crippen LogP contribution in [0.1, 0.15) is 22.8 Å². The van der Waals surface area contributed by atoms with Gasteiger partial charge in [-0.2, -0.15) is 10.1 Å². The third-order valence-electron chi connectivity index (χ3n) is 4.82. The van der Waals surface area contributed by atoms with Crippen LogP contribution in [0, 0.1) is 0 Å². The summed E-state index contributed by atoms with van der Waals surface area (Å²) in [5.74, 6) is -0.619. The molecule has 0 fully saturated rings. The van der Waals surface area contributed by atoms with Crippen molar-refractivity contribution in [1.29, 1.82) is 0 Å². The zero-order valence-corrected chi connectivity index (χ0v) is 15.8. The number of aryl methyl sites for hydroxylation is 1. The van der Waals surface area contributed by atoms with Gasteiger partial charge in [-0.1, -0.05) is 18.2 Å². The van der Waals surface area contributed by atoms with E-state index in [2.05, 4.69) is 5.10 Å². The van der Waals surface area contributed by atoms with E-state index in [0.29, 0.717) is 22.5 Å².